The summed E-state index contributed by atoms with van der Waals surface area (Å²) in [7, 11) is 3.92. The van der Waals surface area contributed by atoms with Crippen molar-refractivity contribution < 1.29 is 14.3 Å². The Labute approximate surface area is 201 Å². The zero-order valence-electron chi connectivity index (χ0n) is 20.2. The van der Waals surface area contributed by atoms with E-state index < -0.39 is 11.8 Å². The number of amides is 1. The first-order chi connectivity index (χ1) is 16.5. The average molecular weight is 460 g/mol. The van der Waals surface area contributed by atoms with Crippen LogP contribution in [0.4, 0.5) is 0 Å². The van der Waals surface area contributed by atoms with E-state index in [1.807, 2.05) is 60.4 Å². The summed E-state index contributed by atoms with van der Waals surface area (Å²) in [5.74, 6) is 0.0621. The molecule has 6 nitrogen and oxygen atoms in total. The van der Waals surface area contributed by atoms with Gasteiger partial charge in [0, 0.05) is 31.2 Å². The molecule has 0 bridgehead atoms. The Bertz CT molecular complexity index is 1090. The summed E-state index contributed by atoms with van der Waals surface area (Å²) in [6, 6.07) is 18.0. The van der Waals surface area contributed by atoms with Crippen LogP contribution < -0.4 is 0 Å². The molecular weight excluding hydrogens is 426 g/mol. The number of nitrogens with zero attached hydrogens (tertiary/aromatic N) is 3. The Morgan fingerprint density at radius 3 is 2.47 bits per heavy atom. The van der Waals surface area contributed by atoms with Gasteiger partial charge in [0.2, 0.25) is 5.91 Å². The average Bonchev–Trinajstić information content (AvgIpc) is 3.46. The maximum Gasteiger partial charge on any atom is 0.247 e. The van der Waals surface area contributed by atoms with E-state index in [0.717, 1.165) is 17.7 Å². The molecule has 0 N–H and O–H groups in total. The molecule has 2 aromatic rings. The van der Waals surface area contributed by atoms with Crippen LogP contribution in [-0.2, 0) is 14.3 Å². The summed E-state index contributed by atoms with van der Waals surface area (Å²) in [5.41, 5.74) is 4.94. The molecule has 2 atom stereocenters. The molecule has 6 heteroatoms. The Morgan fingerprint density at radius 2 is 1.79 bits per heavy atom. The molecule has 3 heterocycles. The standard InChI is InChI=1S/C28H33N3O3/c1-20-9-11-21(12-10-20)23-17-24(29-18-23)25-19-34-28(13-15-33-16-14-28)31(25)27(32)26(30(2)3)22-7-5-4-6-8-22/h4-12,18,25-26H,13-17,19H2,1-3H3/t25-,26+/m0/s1. The van der Waals surface area contributed by atoms with Crippen molar-refractivity contribution in [2.45, 2.75) is 44.0 Å². The number of benzene rings is 2. The molecule has 3 aliphatic heterocycles. The number of likely N-dealkylation sites (N-methyl/N-ethyl adjacent to an activating group) is 1. The third-order valence-electron chi connectivity index (χ3n) is 7.20. The van der Waals surface area contributed by atoms with Gasteiger partial charge in [-0.2, -0.15) is 0 Å². The molecule has 5 rings (SSSR count). The molecule has 34 heavy (non-hydrogen) atoms. The van der Waals surface area contributed by atoms with Gasteiger partial charge in [-0.05, 0) is 37.7 Å². The smallest absolute Gasteiger partial charge is 0.247 e. The molecule has 0 radical (unpaired) electrons. The second-order valence-electron chi connectivity index (χ2n) is 9.69. The summed E-state index contributed by atoms with van der Waals surface area (Å²) in [4.78, 5) is 23.1. The molecule has 2 fully saturated rings. The predicted octanol–water partition coefficient (Wildman–Crippen LogP) is 4.22. The van der Waals surface area contributed by atoms with Crippen molar-refractivity contribution in [2.75, 3.05) is 33.9 Å². The van der Waals surface area contributed by atoms with E-state index in [4.69, 9.17) is 14.5 Å². The van der Waals surface area contributed by atoms with E-state index in [1.54, 1.807) is 0 Å². The first kappa shape index (κ1) is 23.0. The highest BCUT2D eigenvalue weighted by molar-refractivity contribution is 6.04. The quantitative estimate of drug-likeness (QED) is 0.672. The second kappa shape index (κ2) is 9.45. The van der Waals surface area contributed by atoms with E-state index in [-0.39, 0.29) is 11.9 Å². The predicted molar refractivity (Wildman–Crippen MR) is 133 cm³/mol. The fourth-order valence-corrected chi connectivity index (χ4v) is 5.36. The van der Waals surface area contributed by atoms with E-state index in [2.05, 4.69) is 31.2 Å². The molecule has 2 saturated heterocycles. The highest BCUT2D eigenvalue weighted by Crippen LogP contribution is 2.41. The van der Waals surface area contributed by atoms with Crippen molar-refractivity contribution in [3.05, 3.63) is 77.5 Å². The van der Waals surface area contributed by atoms with Crippen molar-refractivity contribution in [1.82, 2.24) is 9.80 Å². The number of carbonyl (C=O) groups excluding carboxylic acids is 1. The highest BCUT2D eigenvalue weighted by Gasteiger charge is 2.54. The highest BCUT2D eigenvalue weighted by atomic mass is 16.5. The lowest BCUT2D eigenvalue weighted by molar-refractivity contribution is -0.171. The molecule has 178 valence electrons. The number of carbonyl (C=O) groups is 1. The van der Waals surface area contributed by atoms with Crippen LogP contribution in [0.1, 0.15) is 42.0 Å². The van der Waals surface area contributed by atoms with Crippen LogP contribution in [0.3, 0.4) is 0 Å². The maximum atomic E-state index is 14.3. The van der Waals surface area contributed by atoms with Gasteiger partial charge < -0.3 is 14.4 Å². The van der Waals surface area contributed by atoms with Crippen LogP contribution in [0.25, 0.3) is 5.57 Å². The summed E-state index contributed by atoms with van der Waals surface area (Å²) < 4.78 is 12.1. The van der Waals surface area contributed by atoms with Crippen molar-refractivity contribution in [3.63, 3.8) is 0 Å². The van der Waals surface area contributed by atoms with Gasteiger partial charge >= 0.3 is 0 Å². The number of hydrogen-bond donors (Lipinski definition) is 0. The van der Waals surface area contributed by atoms with Crippen molar-refractivity contribution in [3.8, 4) is 0 Å². The number of aryl methyl sites for hydroxylation is 1. The summed E-state index contributed by atoms with van der Waals surface area (Å²) in [6.45, 7) is 3.74. The lowest BCUT2D eigenvalue weighted by atomic mass is 9.94. The first-order valence-electron chi connectivity index (χ1n) is 12.1. The van der Waals surface area contributed by atoms with Gasteiger partial charge in [0.05, 0.1) is 25.9 Å². The Balaban J connectivity index is 1.45. The van der Waals surface area contributed by atoms with Crippen LogP contribution in [0.15, 0.2) is 65.8 Å². The lowest BCUT2D eigenvalue weighted by Crippen LogP contribution is -2.58. The van der Waals surface area contributed by atoms with Gasteiger partial charge in [-0.3, -0.25) is 14.7 Å². The Hall–Kier alpha value is -2.80. The SMILES string of the molecule is Cc1ccc(C2=CN=C([C@@H]3COC4(CCOCC4)N3C(=O)[C@@H](c3ccccc3)N(C)C)C2)cc1. The van der Waals surface area contributed by atoms with Crippen molar-refractivity contribution in [2.24, 2.45) is 4.99 Å². The zero-order valence-corrected chi connectivity index (χ0v) is 20.2. The molecule has 1 spiro atoms. The van der Waals surface area contributed by atoms with E-state index >= 15 is 0 Å². The van der Waals surface area contributed by atoms with Crippen molar-refractivity contribution >= 4 is 17.2 Å². The minimum Gasteiger partial charge on any atom is -0.381 e. The van der Waals surface area contributed by atoms with Crippen LogP contribution >= 0.6 is 0 Å². The minimum absolute atomic E-state index is 0.0621. The van der Waals surface area contributed by atoms with E-state index in [0.29, 0.717) is 32.7 Å². The summed E-state index contributed by atoms with van der Waals surface area (Å²) in [5, 5.41) is 0. The Morgan fingerprint density at radius 1 is 1.09 bits per heavy atom. The number of hydrogen-bond acceptors (Lipinski definition) is 5. The van der Waals surface area contributed by atoms with Gasteiger partial charge in [0.1, 0.15) is 11.8 Å². The van der Waals surface area contributed by atoms with Gasteiger partial charge in [0.15, 0.2) is 0 Å². The monoisotopic (exact) mass is 459 g/mol. The molecule has 1 amide bonds. The second-order valence-corrected chi connectivity index (χ2v) is 9.69. The molecule has 0 unspecified atom stereocenters. The fourth-order valence-electron chi connectivity index (χ4n) is 5.36. The largest absolute Gasteiger partial charge is 0.381 e. The van der Waals surface area contributed by atoms with E-state index in [1.165, 1.54) is 16.7 Å². The van der Waals surface area contributed by atoms with Crippen LogP contribution in [0.5, 0.6) is 0 Å². The van der Waals surface area contributed by atoms with Gasteiger partial charge in [-0.25, -0.2) is 0 Å². The van der Waals surface area contributed by atoms with Crippen molar-refractivity contribution in [1.29, 1.82) is 0 Å². The van der Waals surface area contributed by atoms with Crippen LogP contribution in [0.2, 0.25) is 0 Å². The Kier molecular flexibility index (Phi) is 6.38. The van der Waals surface area contributed by atoms with Crippen LogP contribution in [-0.4, -0.2) is 67.1 Å². The molecular formula is C28H33N3O3. The molecule has 2 aromatic carbocycles. The summed E-state index contributed by atoms with van der Waals surface area (Å²) >= 11 is 0. The molecule has 0 aromatic heterocycles. The minimum atomic E-state index is -0.641. The number of aliphatic imine (C=N–C) groups is 1. The zero-order chi connectivity index (χ0) is 23.7. The molecule has 0 aliphatic carbocycles. The topological polar surface area (TPSA) is 54.4 Å². The molecule has 3 aliphatic rings. The summed E-state index contributed by atoms with van der Waals surface area (Å²) in [6.07, 6.45) is 4.04. The van der Waals surface area contributed by atoms with Gasteiger partial charge in [0.25, 0.3) is 0 Å². The van der Waals surface area contributed by atoms with Crippen LogP contribution in [0, 0.1) is 6.92 Å². The normalized spacial score (nSPS) is 22.7. The number of allylic oxidation sites excluding steroid dienone is 1. The maximum absolute atomic E-state index is 14.3. The first-order valence-corrected chi connectivity index (χ1v) is 12.1. The van der Waals surface area contributed by atoms with Gasteiger partial charge in [-0.1, -0.05) is 60.2 Å². The fraction of sp³-hybridized carbons (Fsp3) is 0.429. The number of ether oxygens (including phenoxy) is 2. The third-order valence-corrected chi connectivity index (χ3v) is 7.20. The third kappa shape index (κ3) is 4.22. The number of rotatable bonds is 5. The van der Waals surface area contributed by atoms with E-state index in [9.17, 15) is 4.79 Å². The van der Waals surface area contributed by atoms with Gasteiger partial charge in [-0.15, -0.1) is 0 Å². The lowest BCUT2D eigenvalue weighted by Gasteiger charge is -2.43. The molecule has 0 saturated carbocycles.